The molecule has 1 aliphatic heterocycles. The quantitative estimate of drug-likeness (QED) is 0.455. The van der Waals surface area contributed by atoms with Crippen LogP contribution in [0.15, 0.2) is 36.0 Å². The highest BCUT2D eigenvalue weighted by molar-refractivity contribution is 6.31. The number of amides is 1. The van der Waals surface area contributed by atoms with Gasteiger partial charge in [-0.3, -0.25) is 4.79 Å². The summed E-state index contributed by atoms with van der Waals surface area (Å²) in [6.07, 6.45) is 4.19. The number of benzene rings is 1. The minimum Gasteiger partial charge on any atom is -0.389 e. The molecule has 0 aromatic heterocycles. The number of rotatable bonds is 7. The van der Waals surface area contributed by atoms with E-state index in [0.717, 1.165) is 25.0 Å². The monoisotopic (exact) mass is 333 g/mol. The summed E-state index contributed by atoms with van der Waals surface area (Å²) in [5, 5.41) is 15.5. The predicted octanol–water partition coefficient (Wildman–Crippen LogP) is 2.17. The molecule has 0 saturated carbocycles. The van der Waals surface area contributed by atoms with Crippen molar-refractivity contribution >= 4 is 17.5 Å². The summed E-state index contributed by atoms with van der Waals surface area (Å²) >= 11 is 6.08. The number of hydrogen-bond acceptors (Lipinski definition) is 4. The van der Waals surface area contributed by atoms with Crippen LogP contribution in [0, 0.1) is 11.3 Å². The minimum atomic E-state index is -0.381. The number of nitriles is 1. The first-order chi connectivity index (χ1) is 11.2. The predicted molar refractivity (Wildman–Crippen MR) is 88.8 cm³/mol. The van der Waals surface area contributed by atoms with Gasteiger partial charge in [0.2, 0.25) is 0 Å². The molecule has 2 N–H and O–H groups in total. The Kier molecular flexibility index (Phi) is 6.92. The zero-order valence-electron chi connectivity index (χ0n) is 12.8. The highest BCUT2D eigenvalue weighted by atomic mass is 35.5. The molecule has 0 aliphatic carbocycles. The van der Waals surface area contributed by atoms with E-state index < -0.39 is 0 Å². The maximum absolute atomic E-state index is 11.9. The Balaban J connectivity index is 1.75. The number of ether oxygens (including phenoxy) is 1. The molecule has 23 heavy (non-hydrogen) atoms. The fourth-order valence-corrected chi connectivity index (χ4v) is 2.57. The van der Waals surface area contributed by atoms with Gasteiger partial charge in [-0.15, -0.1) is 0 Å². The van der Waals surface area contributed by atoms with Gasteiger partial charge in [-0.25, -0.2) is 0 Å². The zero-order chi connectivity index (χ0) is 16.5. The molecular weight excluding hydrogens is 314 g/mol. The van der Waals surface area contributed by atoms with Crippen LogP contribution in [0.3, 0.4) is 0 Å². The fourth-order valence-electron chi connectivity index (χ4n) is 2.34. The third-order valence-electron chi connectivity index (χ3n) is 3.62. The molecule has 2 rings (SSSR count). The van der Waals surface area contributed by atoms with E-state index in [1.807, 2.05) is 30.3 Å². The maximum Gasteiger partial charge on any atom is 0.263 e. The van der Waals surface area contributed by atoms with E-state index in [4.69, 9.17) is 21.6 Å². The van der Waals surface area contributed by atoms with Crippen LogP contribution in [0.1, 0.15) is 18.4 Å². The van der Waals surface area contributed by atoms with Crippen molar-refractivity contribution < 1.29 is 9.53 Å². The Morgan fingerprint density at radius 3 is 3.00 bits per heavy atom. The normalized spacial score (nSPS) is 17.6. The second-order valence-electron chi connectivity index (χ2n) is 5.31. The lowest BCUT2D eigenvalue weighted by atomic mass is 10.1. The number of halogens is 1. The van der Waals surface area contributed by atoms with Crippen molar-refractivity contribution in [2.75, 3.05) is 19.7 Å². The van der Waals surface area contributed by atoms with E-state index in [9.17, 15) is 4.79 Å². The lowest BCUT2D eigenvalue weighted by Gasteiger charge is -2.10. The van der Waals surface area contributed by atoms with Gasteiger partial charge in [-0.05, 0) is 30.9 Å². The van der Waals surface area contributed by atoms with E-state index in [1.165, 1.54) is 6.20 Å². The van der Waals surface area contributed by atoms with Gasteiger partial charge in [0.05, 0.1) is 6.10 Å². The largest absolute Gasteiger partial charge is 0.389 e. The van der Waals surface area contributed by atoms with E-state index >= 15 is 0 Å². The first-order valence-electron chi connectivity index (χ1n) is 7.67. The second kappa shape index (κ2) is 9.19. The van der Waals surface area contributed by atoms with Gasteiger partial charge < -0.3 is 15.4 Å². The molecule has 0 spiro atoms. The van der Waals surface area contributed by atoms with Gasteiger partial charge in [0, 0.05) is 30.9 Å². The Hall–Kier alpha value is -2.03. The van der Waals surface area contributed by atoms with Gasteiger partial charge in [0.1, 0.15) is 11.6 Å². The topological polar surface area (TPSA) is 74.2 Å². The second-order valence-corrected chi connectivity index (χ2v) is 5.72. The smallest absolute Gasteiger partial charge is 0.263 e. The lowest BCUT2D eigenvalue weighted by Crippen LogP contribution is -2.33. The van der Waals surface area contributed by atoms with Crippen molar-refractivity contribution in [3.8, 4) is 6.07 Å². The molecule has 1 aromatic rings. The summed E-state index contributed by atoms with van der Waals surface area (Å²) in [6, 6.07) is 9.51. The van der Waals surface area contributed by atoms with Crippen LogP contribution >= 0.6 is 11.6 Å². The SMILES string of the molecule is N#C/C(=C/NCCc1ccccc1Cl)C(=O)NCC1CCCO1. The third kappa shape index (κ3) is 5.59. The average Bonchev–Trinajstić information content (AvgIpc) is 3.08. The van der Waals surface area contributed by atoms with Crippen LogP contribution in [0.2, 0.25) is 5.02 Å². The number of hydrogen-bond donors (Lipinski definition) is 2. The van der Waals surface area contributed by atoms with Crippen molar-refractivity contribution in [1.82, 2.24) is 10.6 Å². The molecule has 1 fully saturated rings. The Bertz CT molecular complexity index is 604. The number of carbonyl (C=O) groups excluding carboxylic acids is 1. The standard InChI is InChI=1S/C17H20ClN3O2/c18-16-6-2-1-4-13(16)7-8-20-11-14(10-19)17(22)21-12-15-5-3-9-23-15/h1-2,4,6,11,15,20H,3,5,7-9,12H2,(H,21,22)/b14-11-. The molecule has 1 amide bonds. The summed E-state index contributed by atoms with van der Waals surface area (Å²) in [6.45, 7) is 1.77. The molecule has 0 bridgehead atoms. The van der Waals surface area contributed by atoms with Gasteiger partial charge in [-0.1, -0.05) is 29.8 Å². The molecule has 122 valence electrons. The van der Waals surface area contributed by atoms with E-state index in [0.29, 0.717) is 24.5 Å². The van der Waals surface area contributed by atoms with Crippen LogP contribution in [0.25, 0.3) is 0 Å². The minimum absolute atomic E-state index is 0.0576. The summed E-state index contributed by atoms with van der Waals surface area (Å²) in [7, 11) is 0. The van der Waals surface area contributed by atoms with Crippen molar-refractivity contribution in [3.63, 3.8) is 0 Å². The maximum atomic E-state index is 11.9. The van der Waals surface area contributed by atoms with E-state index in [-0.39, 0.29) is 17.6 Å². The highest BCUT2D eigenvalue weighted by Crippen LogP contribution is 2.14. The Morgan fingerprint density at radius 2 is 2.30 bits per heavy atom. The van der Waals surface area contributed by atoms with Gasteiger partial charge in [0.25, 0.3) is 5.91 Å². The summed E-state index contributed by atoms with van der Waals surface area (Å²) < 4.78 is 5.43. The summed E-state index contributed by atoms with van der Waals surface area (Å²) in [4.78, 5) is 11.9. The van der Waals surface area contributed by atoms with Crippen molar-refractivity contribution in [1.29, 1.82) is 5.26 Å². The fraction of sp³-hybridized carbons (Fsp3) is 0.412. The number of nitrogens with one attached hydrogen (secondary N) is 2. The highest BCUT2D eigenvalue weighted by Gasteiger charge is 2.17. The average molecular weight is 334 g/mol. The molecule has 6 heteroatoms. The third-order valence-corrected chi connectivity index (χ3v) is 3.99. The van der Waals surface area contributed by atoms with Gasteiger partial charge in [0.15, 0.2) is 0 Å². The van der Waals surface area contributed by atoms with Crippen molar-refractivity contribution in [2.45, 2.75) is 25.4 Å². The van der Waals surface area contributed by atoms with E-state index in [1.54, 1.807) is 0 Å². The summed E-state index contributed by atoms with van der Waals surface area (Å²) in [5.74, 6) is -0.381. The molecule has 1 aliphatic rings. The molecule has 1 unspecified atom stereocenters. The van der Waals surface area contributed by atoms with Crippen molar-refractivity contribution in [2.24, 2.45) is 0 Å². The molecule has 1 atom stereocenters. The van der Waals surface area contributed by atoms with E-state index in [2.05, 4.69) is 10.6 Å². The van der Waals surface area contributed by atoms with Crippen molar-refractivity contribution in [3.05, 3.63) is 46.6 Å². The van der Waals surface area contributed by atoms with Crippen LogP contribution < -0.4 is 10.6 Å². The van der Waals surface area contributed by atoms with Crippen LogP contribution in [0.5, 0.6) is 0 Å². The van der Waals surface area contributed by atoms with Gasteiger partial charge >= 0.3 is 0 Å². The Morgan fingerprint density at radius 1 is 1.48 bits per heavy atom. The van der Waals surface area contributed by atoms with Gasteiger partial charge in [-0.2, -0.15) is 5.26 Å². The first kappa shape index (κ1) is 17.3. The molecule has 1 heterocycles. The molecule has 1 aromatic carbocycles. The Labute approximate surface area is 141 Å². The lowest BCUT2D eigenvalue weighted by molar-refractivity contribution is -0.117. The van der Waals surface area contributed by atoms with Crippen LogP contribution in [-0.4, -0.2) is 31.7 Å². The molecule has 1 saturated heterocycles. The number of nitrogens with zero attached hydrogens (tertiary/aromatic N) is 1. The summed E-state index contributed by atoms with van der Waals surface area (Å²) in [5.41, 5.74) is 1.08. The zero-order valence-corrected chi connectivity index (χ0v) is 13.6. The molecule has 5 nitrogen and oxygen atoms in total. The molecule has 0 radical (unpaired) electrons. The van der Waals surface area contributed by atoms with Crippen LogP contribution in [0.4, 0.5) is 0 Å². The van der Waals surface area contributed by atoms with Crippen LogP contribution in [-0.2, 0) is 16.0 Å². The first-order valence-corrected chi connectivity index (χ1v) is 8.05. The molecular formula is C17H20ClN3O2. The number of carbonyl (C=O) groups is 1.